The molecule has 0 bridgehead atoms. The Morgan fingerprint density at radius 2 is 1.79 bits per heavy atom. The lowest BCUT2D eigenvalue weighted by Gasteiger charge is -2.20. The second kappa shape index (κ2) is 9.82. The van der Waals surface area contributed by atoms with Crippen LogP contribution in [-0.4, -0.2) is 46.7 Å². The van der Waals surface area contributed by atoms with Gasteiger partial charge in [0.15, 0.2) is 6.61 Å². The molecule has 1 saturated heterocycles. The molecule has 0 radical (unpaired) electrons. The molecule has 2 aromatic rings. The molecule has 178 valence electrons. The molecule has 1 aliphatic rings. The van der Waals surface area contributed by atoms with E-state index in [0.29, 0.717) is 5.56 Å². The monoisotopic (exact) mass is 467 g/mol. The van der Waals surface area contributed by atoms with E-state index in [1.807, 2.05) is 12.1 Å². The number of rotatable bonds is 7. The summed E-state index contributed by atoms with van der Waals surface area (Å²) in [7, 11) is 0. The van der Waals surface area contributed by atoms with E-state index >= 15 is 0 Å². The number of hydrogen-bond acceptors (Lipinski definition) is 7. The fourth-order valence-corrected chi connectivity index (χ4v) is 3.41. The molecule has 0 spiro atoms. The number of nitro groups is 1. The number of esters is 1. The van der Waals surface area contributed by atoms with Crippen LogP contribution in [-0.2, 0) is 19.7 Å². The molecule has 2 aromatic carbocycles. The third-order valence-corrected chi connectivity index (χ3v) is 5.43. The van der Waals surface area contributed by atoms with Gasteiger partial charge >= 0.3 is 5.97 Å². The second-order valence-corrected chi connectivity index (χ2v) is 9.01. The molecule has 10 nitrogen and oxygen atoms in total. The number of carbonyl (C=O) groups excluding carboxylic acids is 4. The number of ketones is 1. The maximum atomic E-state index is 12.5. The second-order valence-electron chi connectivity index (χ2n) is 9.01. The van der Waals surface area contributed by atoms with Crippen LogP contribution in [0.25, 0.3) is 0 Å². The Morgan fingerprint density at radius 1 is 1.12 bits per heavy atom. The molecule has 2 amide bonds. The van der Waals surface area contributed by atoms with Crippen molar-refractivity contribution in [3.05, 3.63) is 75.3 Å². The number of nitrogens with zero attached hydrogens (tertiary/aromatic N) is 2. The highest BCUT2D eigenvalue weighted by atomic mass is 16.6. The standard InChI is InChI=1S/C24H25N3O7/c1-24(2,3)18-9-7-15(8-10-18)22(30)25-26-13-17(12-21(26)29)23(31)34-14-20(28)16-5-4-6-19(11-16)27(32)33/h4-11,17H,12-14H2,1-3H3,(H,25,30)/t17-/m0/s1. The first kappa shape index (κ1) is 24.6. The lowest BCUT2D eigenvalue weighted by Crippen LogP contribution is -2.43. The Morgan fingerprint density at radius 3 is 2.41 bits per heavy atom. The summed E-state index contributed by atoms with van der Waals surface area (Å²) in [6.45, 7) is 5.47. The van der Waals surface area contributed by atoms with Crippen LogP contribution in [0.1, 0.15) is 53.5 Å². The lowest BCUT2D eigenvalue weighted by molar-refractivity contribution is -0.384. The minimum absolute atomic E-state index is 0.0378. The predicted octanol–water partition coefficient (Wildman–Crippen LogP) is 2.81. The van der Waals surface area contributed by atoms with Crippen molar-refractivity contribution in [2.45, 2.75) is 32.6 Å². The average Bonchev–Trinajstić information content (AvgIpc) is 3.16. The number of ether oxygens (including phenoxy) is 1. The molecule has 0 aromatic heterocycles. The van der Waals surface area contributed by atoms with E-state index in [-0.39, 0.29) is 29.6 Å². The van der Waals surface area contributed by atoms with Crippen LogP contribution < -0.4 is 5.43 Å². The van der Waals surface area contributed by atoms with Gasteiger partial charge in [-0.3, -0.25) is 39.7 Å². The molecule has 1 fully saturated rings. The van der Waals surface area contributed by atoms with Gasteiger partial charge in [-0.2, -0.15) is 0 Å². The van der Waals surface area contributed by atoms with Crippen molar-refractivity contribution in [1.29, 1.82) is 0 Å². The topological polar surface area (TPSA) is 136 Å². The number of carbonyl (C=O) groups is 4. The number of Topliss-reactive ketones (excluding diaryl/α,β-unsaturated/α-hetero) is 1. The van der Waals surface area contributed by atoms with Crippen LogP contribution in [0.2, 0.25) is 0 Å². The summed E-state index contributed by atoms with van der Waals surface area (Å²) >= 11 is 0. The van der Waals surface area contributed by atoms with Gasteiger partial charge in [0.2, 0.25) is 11.7 Å². The summed E-state index contributed by atoms with van der Waals surface area (Å²) in [5.74, 6) is -3.16. The summed E-state index contributed by atoms with van der Waals surface area (Å²) in [5.41, 5.74) is 3.65. The van der Waals surface area contributed by atoms with E-state index in [1.54, 1.807) is 12.1 Å². The Labute approximate surface area is 196 Å². The average molecular weight is 467 g/mol. The van der Waals surface area contributed by atoms with E-state index in [9.17, 15) is 29.3 Å². The van der Waals surface area contributed by atoms with Crippen LogP contribution in [0, 0.1) is 16.0 Å². The van der Waals surface area contributed by atoms with Crippen LogP contribution in [0.5, 0.6) is 0 Å². The predicted molar refractivity (Wildman–Crippen MR) is 121 cm³/mol. The van der Waals surface area contributed by atoms with E-state index in [1.165, 1.54) is 18.2 Å². The largest absolute Gasteiger partial charge is 0.457 e. The maximum absolute atomic E-state index is 12.5. The minimum atomic E-state index is -0.853. The van der Waals surface area contributed by atoms with Crippen LogP contribution in [0.15, 0.2) is 48.5 Å². The van der Waals surface area contributed by atoms with Gasteiger partial charge in [-0.1, -0.05) is 45.0 Å². The zero-order valence-corrected chi connectivity index (χ0v) is 19.1. The van der Waals surface area contributed by atoms with Crippen molar-refractivity contribution < 1.29 is 28.8 Å². The third-order valence-electron chi connectivity index (χ3n) is 5.43. The molecule has 10 heteroatoms. The highest BCUT2D eigenvalue weighted by Crippen LogP contribution is 2.23. The first-order valence-corrected chi connectivity index (χ1v) is 10.6. The number of hydrazine groups is 1. The molecular formula is C24H25N3O7. The van der Waals surface area contributed by atoms with Crippen LogP contribution in [0.4, 0.5) is 5.69 Å². The van der Waals surface area contributed by atoms with Gasteiger partial charge in [0.1, 0.15) is 0 Å². The summed E-state index contributed by atoms with van der Waals surface area (Å²) < 4.78 is 5.02. The van der Waals surface area contributed by atoms with Crippen molar-refractivity contribution in [3.63, 3.8) is 0 Å². The van der Waals surface area contributed by atoms with Gasteiger partial charge in [0.25, 0.3) is 11.6 Å². The van der Waals surface area contributed by atoms with Gasteiger partial charge in [-0.05, 0) is 23.1 Å². The quantitative estimate of drug-likeness (QED) is 0.286. The summed E-state index contributed by atoms with van der Waals surface area (Å²) in [6.07, 6.45) is -0.174. The van der Waals surface area contributed by atoms with Crippen molar-refractivity contribution in [1.82, 2.24) is 10.4 Å². The maximum Gasteiger partial charge on any atom is 0.311 e. The van der Waals surface area contributed by atoms with Gasteiger partial charge in [0, 0.05) is 29.7 Å². The SMILES string of the molecule is CC(C)(C)c1ccc(C(=O)NN2C[C@@H](C(=O)OCC(=O)c3cccc([N+](=O)[O-])c3)CC2=O)cc1. The van der Waals surface area contributed by atoms with Crippen molar-refractivity contribution in [2.75, 3.05) is 13.2 Å². The Balaban J connectivity index is 1.54. The molecular weight excluding hydrogens is 442 g/mol. The van der Waals surface area contributed by atoms with Crippen molar-refractivity contribution in [3.8, 4) is 0 Å². The Kier molecular flexibility index (Phi) is 7.09. The summed E-state index contributed by atoms with van der Waals surface area (Å²) in [4.78, 5) is 59.6. The summed E-state index contributed by atoms with van der Waals surface area (Å²) in [6, 6.07) is 12.1. The zero-order chi connectivity index (χ0) is 25.0. The molecule has 0 unspecified atom stereocenters. The lowest BCUT2D eigenvalue weighted by atomic mass is 9.87. The molecule has 1 atom stereocenters. The molecule has 3 rings (SSSR count). The van der Waals surface area contributed by atoms with E-state index in [4.69, 9.17) is 4.74 Å². The van der Waals surface area contributed by atoms with E-state index in [2.05, 4.69) is 26.2 Å². The van der Waals surface area contributed by atoms with E-state index in [0.717, 1.165) is 16.6 Å². The smallest absolute Gasteiger partial charge is 0.311 e. The highest BCUT2D eigenvalue weighted by molar-refractivity contribution is 5.99. The normalized spacial score (nSPS) is 15.7. The first-order valence-electron chi connectivity index (χ1n) is 10.6. The number of hydrogen-bond donors (Lipinski definition) is 1. The van der Waals surface area contributed by atoms with E-state index < -0.39 is 41.0 Å². The van der Waals surface area contributed by atoms with Gasteiger partial charge in [0.05, 0.1) is 17.4 Å². The molecule has 1 heterocycles. The Bertz CT molecular complexity index is 1140. The molecule has 34 heavy (non-hydrogen) atoms. The zero-order valence-electron chi connectivity index (χ0n) is 19.1. The molecule has 1 aliphatic heterocycles. The number of non-ortho nitro benzene ring substituents is 1. The fraction of sp³-hybridized carbons (Fsp3) is 0.333. The molecule has 0 aliphatic carbocycles. The first-order chi connectivity index (χ1) is 16.0. The molecule has 0 saturated carbocycles. The van der Waals surface area contributed by atoms with Gasteiger partial charge in [-0.15, -0.1) is 0 Å². The van der Waals surface area contributed by atoms with Crippen molar-refractivity contribution >= 4 is 29.3 Å². The van der Waals surface area contributed by atoms with Gasteiger partial charge in [-0.25, -0.2) is 0 Å². The third kappa shape index (κ3) is 5.83. The Hall–Kier alpha value is -4.08. The number of nitro benzene ring substituents is 1. The van der Waals surface area contributed by atoms with Gasteiger partial charge < -0.3 is 4.74 Å². The number of amides is 2. The van der Waals surface area contributed by atoms with Crippen LogP contribution >= 0.6 is 0 Å². The fourth-order valence-electron chi connectivity index (χ4n) is 3.41. The highest BCUT2D eigenvalue weighted by Gasteiger charge is 2.37. The van der Waals surface area contributed by atoms with Crippen LogP contribution in [0.3, 0.4) is 0 Å². The minimum Gasteiger partial charge on any atom is -0.457 e. The van der Waals surface area contributed by atoms with Crippen molar-refractivity contribution in [2.24, 2.45) is 5.92 Å². The number of benzene rings is 2. The summed E-state index contributed by atoms with van der Waals surface area (Å²) in [5, 5.41) is 11.9. The molecule has 1 N–H and O–H groups in total. The number of nitrogens with one attached hydrogen (secondary N) is 1.